The molecule has 0 bridgehead atoms. The van der Waals surface area contributed by atoms with Crippen LogP contribution < -0.4 is 5.32 Å². The molecule has 1 N–H and O–H groups in total. The normalized spacial score (nSPS) is 11.2. The monoisotopic (exact) mass is 383 g/mol. The van der Waals surface area contributed by atoms with E-state index < -0.39 is 0 Å². The van der Waals surface area contributed by atoms with E-state index in [1.807, 2.05) is 48.0 Å². The summed E-state index contributed by atoms with van der Waals surface area (Å²) in [5.41, 5.74) is 1.88. The Labute approximate surface area is 158 Å². The molecular formula is C18H17N5OS2. The third kappa shape index (κ3) is 3.13. The van der Waals surface area contributed by atoms with E-state index in [1.165, 1.54) is 22.7 Å². The van der Waals surface area contributed by atoms with E-state index in [9.17, 15) is 4.79 Å². The van der Waals surface area contributed by atoms with E-state index >= 15 is 0 Å². The van der Waals surface area contributed by atoms with Crippen LogP contribution in [0.1, 0.15) is 33.7 Å². The lowest BCUT2D eigenvalue weighted by Gasteiger charge is -2.01. The van der Waals surface area contributed by atoms with Crippen LogP contribution >= 0.6 is 22.7 Å². The van der Waals surface area contributed by atoms with Gasteiger partial charge in [0.05, 0.1) is 16.3 Å². The van der Waals surface area contributed by atoms with Gasteiger partial charge in [0.15, 0.2) is 0 Å². The van der Waals surface area contributed by atoms with Crippen molar-refractivity contribution in [3.63, 3.8) is 0 Å². The zero-order valence-corrected chi connectivity index (χ0v) is 16.0. The fourth-order valence-electron chi connectivity index (χ4n) is 2.68. The van der Waals surface area contributed by atoms with Crippen molar-refractivity contribution < 1.29 is 4.79 Å². The Morgan fingerprint density at radius 1 is 1.19 bits per heavy atom. The molecule has 6 nitrogen and oxygen atoms in total. The first-order valence-electron chi connectivity index (χ1n) is 8.34. The smallest absolute Gasteiger partial charge is 0.267 e. The lowest BCUT2D eigenvalue weighted by molar-refractivity contribution is 0.103. The van der Waals surface area contributed by atoms with Crippen molar-refractivity contribution in [1.82, 2.24) is 20.0 Å². The van der Waals surface area contributed by atoms with E-state index in [0.717, 1.165) is 39.4 Å². The topological polar surface area (TPSA) is 72.7 Å². The molecule has 0 saturated heterocycles. The molecule has 26 heavy (non-hydrogen) atoms. The minimum absolute atomic E-state index is 0.163. The molecule has 4 aromatic rings. The van der Waals surface area contributed by atoms with E-state index in [4.69, 9.17) is 0 Å². The van der Waals surface area contributed by atoms with Gasteiger partial charge >= 0.3 is 0 Å². The number of carbonyl (C=O) groups is 1. The lowest BCUT2D eigenvalue weighted by atomic mass is 10.3. The highest BCUT2D eigenvalue weighted by molar-refractivity contribution is 7.20. The second-order valence-corrected chi connectivity index (χ2v) is 7.96. The van der Waals surface area contributed by atoms with Crippen LogP contribution in [0.15, 0.2) is 36.4 Å². The Bertz CT molecular complexity index is 1060. The molecule has 0 saturated carbocycles. The molecule has 4 rings (SSSR count). The fourth-order valence-corrected chi connectivity index (χ4v) is 4.60. The Hall–Kier alpha value is -2.58. The minimum atomic E-state index is -0.163. The van der Waals surface area contributed by atoms with E-state index in [1.54, 1.807) is 0 Å². The Morgan fingerprint density at radius 2 is 2.00 bits per heavy atom. The first-order valence-corrected chi connectivity index (χ1v) is 9.97. The maximum Gasteiger partial charge on any atom is 0.267 e. The van der Waals surface area contributed by atoms with Gasteiger partial charge in [0.1, 0.15) is 9.84 Å². The summed E-state index contributed by atoms with van der Waals surface area (Å²) in [6.45, 7) is 4.05. The number of benzene rings is 1. The van der Waals surface area contributed by atoms with Gasteiger partial charge in [-0.05, 0) is 31.5 Å². The highest BCUT2D eigenvalue weighted by atomic mass is 32.1. The maximum atomic E-state index is 12.6. The predicted octanol–water partition coefficient (Wildman–Crippen LogP) is 4.45. The molecule has 8 heteroatoms. The number of nitrogens with one attached hydrogen (secondary N) is 1. The number of aromatic nitrogens is 4. The summed E-state index contributed by atoms with van der Waals surface area (Å²) in [4.78, 5) is 14.2. The second kappa shape index (κ2) is 6.97. The fraction of sp³-hybridized carbons (Fsp3) is 0.222. The third-order valence-corrected chi connectivity index (χ3v) is 5.93. The minimum Gasteiger partial charge on any atom is -0.296 e. The van der Waals surface area contributed by atoms with Crippen LogP contribution in [0.3, 0.4) is 0 Å². The van der Waals surface area contributed by atoms with Gasteiger partial charge in [0.25, 0.3) is 5.91 Å². The second-order valence-electron chi connectivity index (χ2n) is 5.87. The number of hydrogen-bond donors (Lipinski definition) is 1. The molecule has 0 aliphatic carbocycles. The molecule has 0 spiro atoms. The van der Waals surface area contributed by atoms with Crippen molar-refractivity contribution in [2.45, 2.75) is 26.7 Å². The number of rotatable bonds is 5. The highest BCUT2D eigenvalue weighted by Gasteiger charge is 2.18. The lowest BCUT2D eigenvalue weighted by Crippen LogP contribution is -2.09. The first-order chi connectivity index (χ1) is 12.7. The van der Waals surface area contributed by atoms with Crippen LogP contribution in [0.4, 0.5) is 5.13 Å². The number of aryl methyl sites for hydroxylation is 2. The number of nitrogens with zero attached hydrogens (tertiary/aromatic N) is 4. The summed E-state index contributed by atoms with van der Waals surface area (Å²) in [7, 11) is 0. The number of carbonyl (C=O) groups excluding carboxylic acids is 1. The molecular weight excluding hydrogens is 366 g/mol. The van der Waals surface area contributed by atoms with Crippen LogP contribution in [0.2, 0.25) is 0 Å². The van der Waals surface area contributed by atoms with Gasteiger partial charge in [0, 0.05) is 11.8 Å². The van der Waals surface area contributed by atoms with Crippen LogP contribution in [0, 0.1) is 6.92 Å². The Morgan fingerprint density at radius 3 is 2.77 bits per heavy atom. The van der Waals surface area contributed by atoms with Crippen LogP contribution in [-0.4, -0.2) is 25.9 Å². The highest BCUT2D eigenvalue weighted by Crippen LogP contribution is 2.31. The standard InChI is InChI=1S/C18H17N5OS2/c1-3-7-15-20-21-18(26-15)19-16(24)14-10-13-11(2)22-23(17(13)25-14)12-8-5-4-6-9-12/h4-6,8-10H,3,7H2,1-2H3,(H,19,21,24). The molecule has 0 aliphatic rings. The Kier molecular flexibility index (Phi) is 4.52. The number of anilines is 1. The number of fused-ring (bicyclic) bond motifs is 1. The van der Waals surface area contributed by atoms with Crippen molar-refractivity contribution in [2.75, 3.05) is 5.32 Å². The van der Waals surface area contributed by atoms with E-state index in [2.05, 4.69) is 27.5 Å². The summed E-state index contributed by atoms with van der Waals surface area (Å²) in [6.07, 6.45) is 1.89. The van der Waals surface area contributed by atoms with Crippen LogP contribution in [0.5, 0.6) is 0 Å². The van der Waals surface area contributed by atoms with Crippen molar-refractivity contribution in [3.05, 3.63) is 52.0 Å². The summed E-state index contributed by atoms with van der Waals surface area (Å²) < 4.78 is 1.89. The average molecular weight is 384 g/mol. The van der Waals surface area contributed by atoms with Crippen molar-refractivity contribution in [2.24, 2.45) is 0 Å². The molecule has 3 heterocycles. The van der Waals surface area contributed by atoms with E-state index in [0.29, 0.717) is 10.0 Å². The molecule has 1 aromatic carbocycles. The zero-order chi connectivity index (χ0) is 18.1. The predicted molar refractivity (Wildman–Crippen MR) is 106 cm³/mol. The third-order valence-electron chi connectivity index (χ3n) is 3.92. The zero-order valence-electron chi connectivity index (χ0n) is 14.4. The molecule has 0 aliphatic heterocycles. The van der Waals surface area contributed by atoms with Crippen molar-refractivity contribution in [1.29, 1.82) is 0 Å². The molecule has 0 radical (unpaired) electrons. The van der Waals surface area contributed by atoms with Gasteiger partial charge in [-0.3, -0.25) is 10.1 Å². The number of hydrogen-bond acceptors (Lipinski definition) is 6. The van der Waals surface area contributed by atoms with Gasteiger partial charge in [-0.15, -0.1) is 21.5 Å². The maximum absolute atomic E-state index is 12.6. The van der Waals surface area contributed by atoms with Gasteiger partial charge in [-0.25, -0.2) is 4.68 Å². The summed E-state index contributed by atoms with van der Waals surface area (Å²) in [5.74, 6) is -0.163. The molecule has 1 amide bonds. The summed E-state index contributed by atoms with van der Waals surface area (Å²) in [6, 6.07) is 11.8. The Balaban J connectivity index is 1.63. The summed E-state index contributed by atoms with van der Waals surface area (Å²) in [5, 5.41) is 18.1. The molecule has 132 valence electrons. The number of amides is 1. The van der Waals surface area contributed by atoms with Crippen LogP contribution in [-0.2, 0) is 6.42 Å². The average Bonchev–Trinajstić information content (AvgIpc) is 3.33. The van der Waals surface area contributed by atoms with E-state index in [-0.39, 0.29) is 5.91 Å². The SMILES string of the molecule is CCCc1nnc(NC(=O)c2cc3c(C)nn(-c4ccccc4)c3s2)s1. The first kappa shape index (κ1) is 16.9. The quantitative estimate of drug-likeness (QED) is 0.552. The molecule has 3 aromatic heterocycles. The molecule has 0 unspecified atom stereocenters. The summed E-state index contributed by atoms with van der Waals surface area (Å²) >= 11 is 2.85. The van der Waals surface area contributed by atoms with Gasteiger partial charge in [0.2, 0.25) is 5.13 Å². The molecule has 0 atom stereocenters. The van der Waals surface area contributed by atoms with Crippen LogP contribution in [0.25, 0.3) is 15.9 Å². The van der Waals surface area contributed by atoms with Gasteiger partial charge in [-0.1, -0.05) is 36.5 Å². The number of thiophene rings is 1. The van der Waals surface area contributed by atoms with Gasteiger partial charge < -0.3 is 0 Å². The largest absolute Gasteiger partial charge is 0.296 e. The number of para-hydroxylation sites is 1. The molecule has 0 fully saturated rings. The van der Waals surface area contributed by atoms with Crippen molar-refractivity contribution in [3.8, 4) is 5.69 Å². The van der Waals surface area contributed by atoms with Gasteiger partial charge in [-0.2, -0.15) is 5.10 Å². The van der Waals surface area contributed by atoms with Crippen molar-refractivity contribution >= 4 is 43.9 Å².